The Bertz CT molecular complexity index is 383. The lowest BCUT2D eigenvalue weighted by atomic mass is 10.1. The number of aromatic nitrogens is 2. The van der Waals surface area contributed by atoms with Crippen molar-refractivity contribution >= 4 is 17.7 Å². The molecule has 1 saturated heterocycles. The van der Waals surface area contributed by atoms with Crippen LogP contribution in [0.25, 0.3) is 0 Å². The lowest BCUT2D eigenvalue weighted by Gasteiger charge is -2.24. The van der Waals surface area contributed by atoms with Gasteiger partial charge < -0.3 is 9.47 Å². The lowest BCUT2D eigenvalue weighted by Crippen LogP contribution is -2.35. The monoisotopic (exact) mass is 267 g/mol. The lowest BCUT2D eigenvalue weighted by molar-refractivity contribution is -0.128. The number of carbonyl (C=O) groups excluding carboxylic acids is 1. The van der Waals surface area contributed by atoms with Gasteiger partial charge in [0.25, 0.3) is 0 Å². The molecule has 2 rings (SSSR count). The van der Waals surface area contributed by atoms with Crippen molar-refractivity contribution in [3.63, 3.8) is 0 Å². The number of nitrogens with zero attached hydrogens (tertiary/aromatic N) is 3. The first-order valence-electron chi connectivity index (χ1n) is 6.65. The van der Waals surface area contributed by atoms with Crippen LogP contribution in [-0.2, 0) is 11.8 Å². The Hall–Kier alpha value is -0.970. The van der Waals surface area contributed by atoms with Crippen molar-refractivity contribution in [2.75, 3.05) is 18.8 Å². The maximum Gasteiger partial charge on any atom is 0.233 e. The third kappa shape index (κ3) is 3.77. The molecule has 0 aliphatic carbocycles. The van der Waals surface area contributed by atoms with E-state index in [4.69, 9.17) is 0 Å². The second-order valence-electron chi connectivity index (χ2n) is 4.76. The first-order chi connectivity index (χ1) is 8.77. The number of aryl methyl sites for hydroxylation is 1. The number of hydrogen-bond acceptors (Lipinski definition) is 3. The SMILES string of the molecule is Cn1ccnc1SCC(=O)N1CCCCCCC1. The molecule has 0 spiro atoms. The van der Waals surface area contributed by atoms with E-state index in [0.717, 1.165) is 31.1 Å². The van der Waals surface area contributed by atoms with Crippen LogP contribution in [0.1, 0.15) is 32.1 Å². The number of hydrogen-bond donors (Lipinski definition) is 0. The summed E-state index contributed by atoms with van der Waals surface area (Å²) < 4.78 is 1.95. The third-order valence-corrected chi connectivity index (χ3v) is 4.35. The highest BCUT2D eigenvalue weighted by Gasteiger charge is 2.15. The summed E-state index contributed by atoms with van der Waals surface area (Å²) in [4.78, 5) is 18.4. The Morgan fingerprint density at radius 1 is 1.28 bits per heavy atom. The van der Waals surface area contributed by atoms with Gasteiger partial charge in [-0.3, -0.25) is 4.79 Å². The maximum absolute atomic E-state index is 12.1. The molecule has 1 aromatic rings. The number of carbonyl (C=O) groups is 1. The minimum Gasteiger partial charge on any atom is -0.342 e. The Labute approximate surface area is 113 Å². The minimum absolute atomic E-state index is 0.255. The fraction of sp³-hybridized carbons (Fsp3) is 0.692. The van der Waals surface area contributed by atoms with E-state index in [1.54, 1.807) is 6.20 Å². The minimum atomic E-state index is 0.255. The zero-order valence-electron chi connectivity index (χ0n) is 11.0. The summed E-state index contributed by atoms with van der Waals surface area (Å²) >= 11 is 1.53. The summed E-state index contributed by atoms with van der Waals surface area (Å²) in [6.45, 7) is 1.86. The van der Waals surface area contributed by atoms with Crippen LogP contribution in [0, 0.1) is 0 Å². The molecule has 100 valence electrons. The van der Waals surface area contributed by atoms with Crippen LogP contribution < -0.4 is 0 Å². The van der Waals surface area contributed by atoms with Gasteiger partial charge in [-0.05, 0) is 12.8 Å². The number of likely N-dealkylation sites (tertiary alicyclic amines) is 1. The fourth-order valence-corrected chi connectivity index (χ4v) is 3.04. The Morgan fingerprint density at radius 3 is 2.56 bits per heavy atom. The average molecular weight is 267 g/mol. The molecule has 0 N–H and O–H groups in total. The van der Waals surface area contributed by atoms with Crippen LogP contribution in [0.5, 0.6) is 0 Å². The van der Waals surface area contributed by atoms with Gasteiger partial charge in [-0.25, -0.2) is 4.98 Å². The van der Waals surface area contributed by atoms with E-state index in [0.29, 0.717) is 5.75 Å². The highest BCUT2D eigenvalue weighted by Crippen LogP contribution is 2.16. The van der Waals surface area contributed by atoms with E-state index in [9.17, 15) is 4.79 Å². The van der Waals surface area contributed by atoms with Crippen LogP contribution >= 0.6 is 11.8 Å². The van der Waals surface area contributed by atoms with E-state index in [2.05, 4.69) is 4.98 Å². The molecule has 4 nitrogen and oxygen atoms in total. The molecule has 18 heavy (non-hydrogen) atoms. The number of rotatable bonds is 3. The van der Waals surface area contributed by atoms with E-state index in [1.165, 1.54) is 31.0 Å². The topological polar surface area (TPSA) is 38.1 Å². The van der Waals surface area contributed by atoms with Gasteiger partial charge in [0.05, 0.1) is 5.75 Å². The Morgan fingerprint density at radius 2 is 1.94 bits per heavy atom. The molecule has 1 aromatic heterocycles. The summed E-state index contributed by atoms with van der Waals surface area (Å²) in [6, 6.07) is 0. The summed E-state index contributed by atoms with van der Waals surface area (Å²) in [5, 5.41) is 0.912. The maximum atomic E-state index is 12.1. The Balaban J connectivity index is 1.81. The number of thioether (sulfide) groups is 1. The second kappa shape index (κ2) is 6.83. The van der Waals surface area contributed by atoms with Crippen molar-refractivity contribution in [1.29, 1.82) is 0 Å². The van der Waals surface area contributed by atoms with Crippen molar-refractivity contribution in [2.45, 2.75) is 37.3 Å². The van der Waals surface area contributed by atoms with Crippen molar-refractivity contribution in [3.8, 4) is 0 Å². The van der Waals surface area contributed by atoms with Crippen molar-refractivity contribution in [1.82, 2.24) is 14.5 Å². The van der Waals surface area contributed by atoms with Gasteiger partial charge >= 0.3 is 0 Å². The summed E-state index contributed by atoms with van der Waals surface area (Å²) in [5.74, 6) is 0.759. The first kappa shape index (κ1) is 13.5. The van der Waals surface area contributed by atoms with Crippen molar-refractivity contribution in [2.24, 2.45) is 7.05 Å². The van der Waals surface area contributed by atoms with E-state index in [-0.39, 0.29) is 5.91 Å². The molecule has 1 aliphatic heterocycles. The van der Waals surface area contributed by atoms with Crippen LogP contribution in [0.4, 0.5) is 0 Å². The third-order valence-electron chi connectivity index (χ3n) is 3.31. The summed E-state index contributed by atoms with van der Waals surface area (Å²) in [6.07, 6.45) is 9.82. The van der Waals surface area contributed by atoms with Crippen molar-refractivity contribution < 1.29 is 4.79 Å². The summed E-state index contributed by atoms with van der Waals surface area (Å²) in [5.41, 5.74) is 0. The first-order valence-corrected chi connectivity index (χ1v) is 7.64. The largest absolute Gasteiger partial charge is 0.342 e. The van der Waals surface area contributed by atoms with Gasteiger partial charge in [-0.15, -0.1) is 0 Å². The normalized spacial score (nSPS) is 17.3. The van der Waals surface area contributed by atoms with Gasteiger partial charge in [0, 0.05) is 32.5 Å². The molecule has 1 fully saturated rings. The number of amides is 1. The van der Waals surface area contributed by atoms with Gasteiger partial charge in [-0.1, -0.05) is 31.0 Å². The zero-order valence-corrected chi connectivity index (χ0v) is 11.8. The highest BCUT2D eigenvalue weighted by atomic mass is 32.2. The van der Waals surface area contributed by atoms with E-state index < -0.39 is 0 Å². The van der Waals surface area contributed by atoms with Crippen molar-refractivity contribution in [3.05, 3.63) is 12.4 Å². The second-order valence-corrected chi connectivity index (χ2v) is 5.70. The molecule has 0 unspecified atom stereocenters. The summed E-state index contributed by atoms with van der Waals surface area (Å²) in [7, 11) is 1.95. The highest BCUT2D eigenvalue weighted by molar-refractivity contribution is 7.99. The van der Waals surface area contributed by atoms with Gasteiger partial charge in [0.2, 0.25) is 5.91 Å². The molecule has 1 amide bonds. The molecule has 0 radical (unpaired) electrons. The van der Waals surface area contributed by atoms with Gasteiger partial charge in [0.15, 0.2) is 5.16 Å². The molecule has 0 atom stereocenters. The van der Waals surface area contributed by atoms with Gasteiger partial charge in [0.1, 0.15) is 0 Å². The molecule has 0 bridgehead atoms. The molecule has 1 aliphatic rings. The van der Waals surface area contributed by atoms with E-state index in [1.807, 2.05) is 22.7 Å². The molecule has 5 heteroatoms. The van der Waals surface area contributed by atoms with Crippen LogP contribution in [0.3, 0.4) is 0 Å². The predicted octanol–water partition coefficient (Wildman–Crippen LogP) is 2.30. The quantitative estimate of drug-likeness (QED) is 0.789. The molecule has 2 heterocycles. The predicted molar refractivity (Wildman–Crippen MR) is 73.6 cm³/mol. The smallest absolute Gasteiger partial charge is 0.233 e. The zero-order chi connectivity index (χ0) is 12.8. The van der Waals surface area contributed by atoms with Crippen LogP contribution in [0.15, 0.2) is 17.6 Å². The molecule has 0 saturated carbocycles. The Kier molecular flexibility index (Phi) is 5.11. The standard InChI is InChI=1S/C13H21N3OS/c1-15-10-7-14-13(15)18-11-12(17)16-8-5-3-2-4-6-9-16/h7,10H,2-6,8-9,11H2,1H3. The average Bonchev–Trinajstić information content (AvgIpc) is 2.71. The van der Waals surface area contributed by atoms with E-state index >= 15 is 0 Å². The molecular formula is C13H21N3OS. The fourth-order valence-electron chi connectivity index (χ4n) is 2.21. The van der Waals surface area contributed by atoms with Gasteiger partial charge in [-0.2, -0.15) is 0 Å². The number of imidazole rings is 1. The van der Waals surface area contributed by atoms with Crippen LogP contribution in [0.2, 0.25) is 0 Å². The van der Waals surface area contributed by atoms with Crippen LogP contribution in [-0.4, -0.2) is 39.2 Å². The molecular weight excluding hydrogens is 246 g/mol. The molecule has 0 aromatic carbocycles.